The number of amides is 1. The Labute approximate surface area is 248 Å². The number of aromatic hydroxyl groups is 1. The van der Waals surface area contributed by atoms with Gasteiger partial charge in [-0.1, -0.05) is 18.2 Å². The van der Waals surface area contributed by atoms with E-state index < -0.39 is 64.8 Å². The molecule has 2 fully saturated rings. The number of hydrogen-bond donors (Lipinski definition) is 6. The Balaban J connectivity index is 1.70. The third kappa shape index (κ3) is 4.46. The van der Waals surface area contributed by atoms with Gasteiger partial charge in [0, 0.05) is 23.1 Å². The topological polar surface area (TPSA) is 191 Å². The van der Waals surface area contributed by atoms with Gasteiger partial charge in [-0.3, -0.25) is 14.4 Å². The van der Waals surface area contributed by atoms with Gasteiger partial charge in [-0.25, -0.2) is 0 Å². The standard InChI is InChI=1S/C32H36N2O9/c1-5-6-20(35)14-7-10-22(43-4)17(11-14)16-8-9-21(36)24-18(16)12-15-13-19-26(34(2)3)28(38)25(31(33)41)30(40)32(19,42)29(39)23(15)27(24)37/h5,7-11,15,19-20,25-26,28,35-38,42H,1,6,12-13H2,2-4H3,(H2,33,41)/t15-,19-,20?,25?,26-,28?,32-/m0/s1. The predicted molar refractivity (Wildman–Crippen MR) is 156 cm³/mol. The minimum Gasteiger partial charge on any atom is -0.507 e. The number of likely N-dealkylation sites (N-methyl/N-ethyl adjacent to an activating group) is 1. The first kappa shape index (κ1) is 30.4. The highest BCUT2D eigenvalue weighted by Gasteiger charge is 2.67. The molecule has 3 unspecified atom stereocenters. The lowest BCUT2D eigenvalue weighted by molar-refractivity contribution is -0.184. The Hall–Kier alpha value is -4.03. The second-order valence-electron chi connectivity index (χ2n) is 11.8. The van der Waals surface area contributed by atoms with Crippen LogP contribution in [0.15, 0.2) is 48.6 Å². The number of phenolic OH excluding ortho intramolecular Hbond substituents is 1. The molecule has 7 N–H and O–H groups in total. The predicted octanol–water partition coefficient (Wildman–Crippen LogP) is 1.41. The summed E-state index contributed by atoms with van der Waals surface area (Å²) in [5.74, 6) is -7.55. The van der Waals surface area contributed by atoms with E-state index in [1.165, 1.54) is 13.2 Å². The Kier molecular flexibility index (Phi) is 7.72. The van der Waals surface area contributed by atoms with E-state index >= 15 is 0 Å². The van der Waals surface area contributed by atoms with Gasteiger partial charge in [-0.2, -0.15) is 0 Å². The minimum atomic E-state index is -2.72. The number of nitrogens with two attached hydrogens (primary N) is 1. The quantitative estimate of drug-likeness (QED) is 0.202. The van der Waals surface area contributed by atoms with Crippen LogP contribution in [0.1, 0.15) is 35.6 Å². The number of aliphatic hydroxyl groups excluding tert-OH is 3. The number of carbonyl (C=O) groups is 3. The van der Waals surface area contributed by atoms with Crippen molar-refractivity contribution in [1.82, 2.24) is 4.90 Å². The van der Waals surface area contributed by atoms with Gasteiger partial charge < -0.3 is 40.9 Å². The fourth-order valence-electron chi connectivity index (χ4n) is 7.29. The van der Waals surface area contributed by atoms with Crippen LogP contribution in [0.4, 0.5) is 0 Å². The summed E-state index contributed by atoms with van der Waals surface area (Å²) in [4.78, 5) is 41.3. The molecule has 0 spiro atoms. The summed E-state index contributed by atoms with van der Waals surface area (Å²) in [7, 11) is 4.69. The third-order valence-corrected chi connectivity index (χ3v) is 9.26. The van der Waals surface area contributed by atoms with E-state index in [2.05, 4.69) is 6.58 Å². The van der Waals surface area contributed by atoms with E-state index in [1.54, 1.807) is 49.3 Å². The number of benzene rings is 2. The number of hydrogen-bond acceptors (Lipinski definition) is 10. The Morgan fingerprint density at radius 2 is 1.91 bits per heavy atom. The molecule has 0 heterocycles. The number of fused-ring (bicyclic) bond motifs is 3. The molecule has 228 valence electrons. The van der Waals surface area contributed by atoms with Crippen LogP contribution < -0.4 is 10.5 Å². The lowest BCUT2D eigenvalue weighted by Crippen LogP contribution is -2.73. The maximum atomic E-state index is 14.1. The molecule has 0 saturated heterocycles. The van der Waals surface area contributed by atoms with Gasteiger partial charge in [0.1, 0.15) is 23.2 Å². The lowest BCUT2D eigenvalue weighted by Gasteiger charge is -2.53. The van der Waals surface area contributed by atoms with Gasteiger partial charge in [0.15, 0.2) is 11.4 Å². The number of aliphatic hydroxyl groups is 4. The van der Waals surface area contributed by atoms with E-state index in [4.69, 9.17) is 10.5 Å². The number of ketones is 2. The number of methoxy groups -OCH3 is 1. The fraction of sp³-hybridized carbons (Fsp3) is 0.406. The highest BCUT2D eigenvalue weighted by Crippen LogP contribution is 2.53. The number of carbonyl (C=O) groups excluding carboxylic acids is 3. The first-order valence-corrected chi connectivity index (χ1v) is 14.0. The number of primary amides is 1. The first-order valence-electron chi connectivity index (χ1n) is 14.0. The van der Waals surface area contributed by atoms with E-state index in [-0.39, 0.29) is 29.7 Å². The molecule has 2 aromatic rings. The van der Waals surface area contributed by atoms with E-state index in [1.807, 2.05) is 0 Å². The van der Waals surface area contributed by atoms with Crippen molar-refractivity contribution >= 4 is 23.2 Å². The SMILES string of the molecule is C=CCC(O)c1ccc(OC)c(-c2ccc(O)c3c2C[C@H]2C[C@H]4[C@H](N(C)C)C(O)C(C(N)=O)C(=O)[C@@]4(O)C(=O)C2=C3O)c1. The smallest absolute Gasteiger partial charge is 0.230 e. The number of ether oxygens (including phenoxy) is 1. The molecule has 2 saturated carbocycles. The summed E-state index contributed by atoms with van der Waals surface area (Å²) in [6.45, 7) is 3.68. The van der Waals surface area contributed by atoms with Crippen LogP contribution in [-0.2, 0) is 20.8 Å². The fourth-order valence-corrected chi connectivity index (χ4v) is 7.29. The van der Waals surface area contributed by atoms with Gasteiger partial charge in [0.05, 0.1) is 24.9 Å². The first-order chi connectivity index (χ1) is 20.3. The molecule has 11 nitrogen and oxygen atoms in total. The maximum absolute atomic E-state index is 14.1. The molecule has 11 heteroatoms. The van der Waals surface area contributed by atoms with Gasteiger partial charge >= 0.3 is 0 Å². The van der Waals surface area contributed by atoms with Crippen LogP contribution in [-0.4, -0.2) is 86.9 Å². The summed E-state index contributed by atoms with van der Waals surface area (Å²) in [5, 5.41) is 55.9. The highest BCUT2D eigenvalue weighted by molar-refractivity contribution is 6.25. The average molecular weight is 593 g/mol. The van der Waals surface area contributed by atoms with Crippen LogP contribution in [0, 0.1) is 17.8 Å². The van der Waals surface area contributed by atoms with E-state index in [0.717, 1.165) is 0 Å². The zero-order chi connectivity index (χ0) is 31.5. The van der Waals surface area contributed by atoms with Crippen LogP contribution in [0.25, 0.3) is 16.9 Å². The minimum absolute atomic E-state index is 0.00250. The summed E-state index contributed by atoms with van der Waals surface area (Å²) < 4.78 is 5.61. The third-order valence-electron chi connectivity index (χ3n) is 9.26. The highest BCUT2D eigenvalue weighted by atomic mass is 16.5. The van der Waals surface area contributed by atoms with Gasteiger partial charge in [0.25, 0.3) is 0 Å². The maximum Gasteiger partial charge on any atom is 0.230 e. The monoisotopic (exact) mass is 592 g/mol. The molecular weight excluding hydrogens is 556 g/mol. The van der Waals surface area contributed by atoms with Crippen LogP contribution in [0.2, 0.25) is 0 Å². The average Bonchev–Trinajstić information content (AvgIpc) is 2.94. The molecule has 43 heavy (non-hydrogen) atoms. The zero-order valence-electron chi connectivity index (χ0n) is 24.2. The van der Waals surface area contributed by atoms with Gasteiger partial charge in [-0.05, 0) is 74.2 Å². The molecular formula is C32H36N2O9. The molecule has 1 amide bonds. The summed E-state index contributed by atoms with van der Waals surface area (Å²) in [5.41, 5.74) is 4.70. The number of Topliss-reactive ketones (excluding diaryl/α,β-unsaturated/α-hetero) is 2. The zero-order valence-corrected chi connectivity index (χ0v) is 24.2. The second kappa shape index (κ2) is 10.9. The van der Waals surface area contributed by atoms with Crippen LogP contribution in [0.5, 0.6) is 11.5 Å². The molecule has 3 aliphatic rings. The van der Waals surface area contributed by atoms with Gasteiger partial charge in [0.2, 0.25) is 11.7 Å². The molecule has 0 aliphatic heterocycles. The molecule has 2 aromatic carbocycles. The van der Waals surface area contributed by atoms with Crippen molar-refractivity contribution in [2.45, 2.75) is 43.1 Å². The second-order valence-corrected chi connectivity index (χ2v) is 11.8. The summed E-state index contributed by atoms with van der Waals surface area (Å²) in [6.07, 6.45) is -0.351. The Morgan fingerprint density at radius 3 is 2.51 bits per heavy atom. The van der Waals surface area contributed by atoms with E-state index in [9.17, 15) is 39.9 Å². The molecule has 0 bridgehead atoms. The lowest BCUT2D eigenvalue weighted by atomic mass is 9.54. The van der Waals surface area contributed by atoms with Crippen molar-refractivity contribution < 1.29 is 44.7 Å². The molecule has 3 aliphatic carbocycles. The molecule has 7 atom stereocenters. The molecule has 0 radical (unpaired) electrons. The summed E-state index contributed by atoms with van der Waals surface area (Å²) >= 11 is 0. The van der Waals surface area contributed by atoms with Gasteiger partial charge in [-0.15, -0.1) is 6.58 Å². The van der Waals surface area contributed by atoms with Crippen molar-refractivity contribution in [1.29, 1.82) is 0 Å². The Bertz CT molecular complexity index is 1560. The van der Waals surface area contributed by atoms with Crippen molar-refractivity contribution in [3.63, 3.8) is 0 Å². The molecule has 5 rings (SSSR count). The summed E-state index contributed by atoms with van der Waals surface area (Å²) in [6, 6.07) is 7.21. The largest absolute Gasteiger partial charge is 0.507 e. The van der Waals surface area contributed by atoms with Crippen molar-refractivity contribution in [2.24, 2.45) is 23.5 Å². The number of nitrogens with zero attached hydrogens (tertiary/aromatic N) is 1. The Morgan fingerprint density at radius 1 is 1.21 bits per heavy atom. The normalized spacial score (nSPS) is 29.0. The molecule has 0 aromatic heterocycles. The van der Waals surface area contributed by atoms with Crippen molar-refractivity contribution in [3.05, 3.63) is 65.3 Å². The van der Waals surface area contributed by atoms with Crippen molar-refractivity contribution in [3.8, 4) is 22.6 Å². The number of rotatable bonds is 7. The van der Waals surface area contributed by atoms with Crippen LogP contribution >= 0.6 is 0 Å². The number of phenols is 1. The van der Waals surface area contributed by atoms with Crippen LogP contribution in [0.3, 0.4) is 0 Å². The van der Waals surface area contributed by atoms with Crippen molar-refractivity contribution in [2.75, 3.05) is 21.2 Å². The van der Waals surface area contributed by atoms with E-state index in [0.29, 0.717) is 34.4 Å².